The largest absolute Gasteiger partial charge is 0.0667 e. The van der Waals surface area contributed by atoms with Crippen molar-refractivity contribution in [3.63, 3.8) is 0 Å². The predicted octanol–water partition coefficient (Wildman–Crippen LogP) is 1.25. The van der Waals surface area contributed by atoms with Crippen LogP contribution in [0.3, 0.4) is 0 Å². The van der Waals surface area contributed by atoms with Crippen molar-refractivity contribution in [3.05, 3.63) is 53.6 Å². The molecule has 0 radical (unpaired) electrons. The molecule has 1 aliphatic carbocycles. The molecule has 2 aromatic rings. The highest BCUT2D eigenvalue weighted by atomic mass is 28.1. The van der Waals surface area contributed by atoms with E-state index in [4.69, 9.17) is 0 Å². The summed E-state index contributed by atoms with van der Waals surface area (Å²) < 4.78 is 0. The fraction of sp³-hybridized carbons (Fsp3) is 0.0769. The first kappa shape index (κ1) is 8.01. The van der Waals surface area contributed by atoms with Crippen LogP contribution < -0.4 is 5.19 Å². The fourth-order valence-corrected chi connectivity index (χ4v) is 2.96. The zero-order valence-corrected chi connectivity index (χ0v) is 10.2. The second-order valence-electron chi connectivity index (χ2n) is 3.93. The highest BCUT2D eigenvalue weighted by Crippen LogP contribution is 2.34. The maximum Gasteiger partial charge on any atom is 0.0389 e. The van der Waals surface area contributed by atoms with Crippen molar-refractivity contribution in [2.45, 2.75) is 6.42 Å². The van der Waals surface area contributed by atoms with E-state index in [0.717, 1.165) is 16.7 Å². The van der Waals surface area contributed by atoms with Gasteiger partial charge in [0.15, 0.2) is 0 Å². The van der Waals surface area contributed by atoms with Crippen LogP contribution in [0.2, 0.25) is 0 Å². The second-order valence-corrected chi connectivity index (χ2v) is 5.01. The first-order chi connectivity index (χ1) is 6.86. The summed E-state index contributed by atoms with van der Waals surface area (Å²) >= 11 is 0. The molecule has 0 N–H and O–H groups in total. The fourth-order valence-electron chi connectivity index (χ4n) is 2.32. The Hall–Kier alpha value is -1.34. The summed E-state index contributed by atoms with van der Waals surface area (Å²) in [5, 5.41) is 1.55. The Labute approximate surface area is 87.0 Å². The third-order valence-corrected chi connectivity index (χ3v) is 4.02. The van der Waals surface area contributed by atoms with Crippen molar-refractivity contribution in [3.8, 4) is 11.1 Å². The van der Waals surface area contributed by atoms with Gasteiger partial charge >= 0.3 is 0 Å². The van der Waals surface area contributed by atoms with Crippen LogP contribution in [0.5, 0.6) is 0 Å². The third kappa shape index (κ3) is 0.992. The van der Waals surface area contributed by atoms with Crippen LogP contribution in [-0.4, -0.2) is 10.2 Å². The van der Waals surface area contributed by atoms with Gasteiger partial charge in [-0.25, -0.2) is 0 Å². The average molecular weight is 196 g/mol. The first-order valence-corrected chi connectivity index (χ1v) is 6.03. The van der Waals surface area contributed by atoms with Gasteiger partial charge in [-0.15, -0.1) is 0 Å². The molecule has 2 aromatic carbocycles. The summed E-state index contributed by atoms with van der Waals surface area (Å²) in [4.78, 5) is 0. The Bertz CT molecular complexity index is 500. The summed E-state index contributed by atoms with van der Waals surface area (Å²) in [6.07, 6.45) is 1.14. The zero-order chi connectivity index (χ0) is 9.54. The van der Waals surface area contributed by atoms with E-state index in [-0.39, 0.29) is 0 Å². The molecule has 0 amide bonds. The maximum atomic E-state index is 2.26. The van der Waals surface area contributed by atoms with Gasteiger partial charge in [-0.05, 0) is 28.7 Å². The van der Waals surface area contributed by atoms with Crippen molar-refractivity contribution in [1.29, 1.82) is 0 Å². The molecular formula is C13H12Si. The van der Waals surface area contributed by atoms with Gasteiger partial charge in [0.2, 0.25) is 0 Å². The van der Waals surface area contributed by atoms with Gasteiger partial charge in [0.05, 0.1) is 0 Å². The van der Waals surface area contributed by atoms with Gasteiger partial charge in [-0.1, -0.05) is 47.7 Å². The minimum Gasteiger partial charge on any atom is -0.0667 e. The summed E-state index contributed by atoms with van der Waals surface area (Å²) in [6.45, 7) is 0. The van der Waals surface area contributed by atoms with Crippen molar-refractivity contribution in [1.82, 2.24) is 0 Å². The van der Waals surface area contributed by atoms with Crippen molar-refractivity contribution < 1.29 is 0 Å². The van der Waals surface area contributed by atoms with Crippen molar-refractivity contribution in [2.24, 2.45) is 0 Å². The molecule has 0 aliphatic heterocycles. The van der Waals surface area contributed by atoms with E-state index in [1.807, 2.05) is 0 Å². The number of benzene rings is 2. The lowest BCUT2D eigenvalue weighted by molar-refractivity contribution is 1.28. The van der Waals surface area contributed by atoms with E-state index in [0.29, 0.717) is 0 Å². The summed E-state index contributed by atoms with van der Waals surface area (Å²) in [6, 6.07) is 15.5. The van der Waals surface area contributed by atoms with Crippen LogP contribution in [0.1, 0.15) is 11.1 Å². The third-order valence-electron chi connectivity index (χ3n) is 3.09. The maximum absolute atomic E-state index is 2.26. The zero-order valence-electron chi connectivity index (χ0n) is 8.25. The summed E-state index contributed by atoms with van der Waals surface area (Å²) in [7, 11) is 1.16. The van der Waals surface area contributed by atoms with Gasteiger partial charge in [-0.3, -0.25) is 0 Å². The smallest absolute Gasteiger partial charge is 0.0389 e. The molecule has 0 fully saturated rings. The van der Waals surface area contributed by atoms with Crippen LogP contribution >= 0.6 is 0 Å². The van der Waals surface area contributed by atoms with Crippen LogP contribution in [0, 0.1) is 0 Å². The van der Waals surface area contributed by atoms with E-state index in [1.165, 1.54) is 16.7 Å². The number of fused-ring (bicyclic) bond motifs is 3. The standard InChI is InChI=1S/C13H12Si/c14-13-7-3-6-11-10-5-2-1-4-9(10)8-12(11)13/h1-7H,8H2,14H3. The number of hydrogen-bond donors (Lipinski definition) is 0. The summed E-state index contributed by atoms with van der Waals surface area (Å²) in [5.74, 6) is 0. The molecule has 68 valence electrons. The lowest BCUT2D eigenvalue weighted by Crippen LogP contribution is -2.08. The lowest BCUT2D eigenvalue weighted by atomic mass is 10.1. The molecule has 0 saturated carbocycles. The number of hydrogen-bond acceptors (Lipinski definition) is 0. The molecule has 0 atom stereocenters. The first-order valence-electron chi connectivity index (χ1n) is 5.03. The molecule has 0 bridgehead atoms. The van der Waals surface area contributed by atoms with Crippen LogP contribution in [0.25, 0.3) is 11.1 Å². The average Bonchev–Trinajstić information content (AvgIpc) is 2.59. The quantitative estimate of drug-likeness (QED) is 0.475. The van der Waals surface area contributed by atoms with Gasteiger partial charge in [0, 0.05) is 10.2 Å². The topological polar surface area (TPSA) is 0 Å². The number of rotatable bonds is 0. The lowest BCUT2D eigenvalue weighted by Gasteiger charge is -2.02. The monoisotopic (exact) mass is 196 g/mol. The Morgan fingerprint density at radius 2 is 1.64 bits per heavy atom. The van der Waals surface area contributed by atoms with E-state index < -0.39 is 0 Å². The molecule has 1 aliphatic rings. The second kappa shape index (κ2) is 2.82. The summed E-state index contributed by atoms with van der Waals surface area (Å²) in [5.41, 5.74) is 5.97. The van der Waals surface area contributed by atoms with Crippen LogP contribution in [0.4, 0.5) is 0 Å². The Morgan fingerprint density at radius 1 is 0.857 bits per heavy atom. The highest BCUT2D eigenvalue weighted by Gasteiger charge is 2.18. The van der Waals surface area contributed by atoms with Gasteiger partial charge in [-0.2, -0.15) is 0 Å². The Morgan fingerprint density at radius 3 is 2.57 bits per heavy atom. The normalized spacial score (nSPS) is 12.6. The van der Waals surface area contributed by atoms with Crippen LogP contribution in [-0.2, 0) is 6.42 Å². The van der Waals surface area contributed by atoms with E-state index in [2.05, 4.69) is 42.5 Å². The molecule has 0 aromatic heterocycles. The van der Waals surface area contributed by atoms with Crippen LogP contribution in [0.15, 0.2) is 42.5 Å². The molecule has 0 spiro atoms. The van der Waals surface area contributed by atoms with E-state index in [9.17, 15) is 0 Å². The van der Waals surface area contributed by atoms with Crippen molar-refractivity contribution in [2.75, 3.05) is 0 Å². The van der Waals surface area contributed by atoms with Gasteiger partial charge < -0.3 is 0 Å². The highest BCUT2D eigenvalue weighted by molar-refractivity contribution is 6.34. The predicted molar refractivity (Wildman–Crippen MR) is 64.3 cm³/mol. The molecule has 0 saturated heterocycles. The minimum absolute atomic E-state index is 1.14. The Balaban J connectivity index is 2.33. The molecule has 0 nitrogen and oxygen atoms in total. The van der Waals surface area contributed by atoms with E-state index >= 15 is 0 Å². The minimum atomic E-state index is 1.14. The SMILES string of the molecule is [SiH3]c1cccc2c1Cc1ccccc1-2. The Kier molecular flexibility index (Phi) is 1.61. The molecule has 3 rings (SSSR count). The van der Waals surface area contributed by atoms with Gasteiger partial charge in [0.1, 0.15) is 0 Å². The van der Waals surface area contributed by atoms with E-state index in [1.54, 1.807) is 10.8 Å². The molecule has 0 heterocycles. The molecule has 1 heteroatoms. The van der Waals surface area contributed by atoms with Crippen molar-refractivity contribution >= 4 is 15.4 Å². The molecular weight excluding hydrogens is 184 g/mol. The molecule has 14 heavy (non-hydrogen) atoms. The molecule has 0 unspecified atom stereocenters. The van der Waals surface area contributed by atoms with Gasteiger partial charge in [0.25, 0.3) is 0 Å².